The van der Waals surface area contributed by atoms with E-state index in [-0.39, 0.29) is 30.3 Å². The fraction of sp³-hybridized carbons (Fsp3) is 0.579. The van der Waals surface area contributed by atoms with Crippen molar-refractivity contribution in [3.63, 3.8) is 0 Å². The molecule has 25 heavy (non-hydrogen) atoms. The minimum Gasteiger partial charge on any atom is -0.338 e. The summed E-state index contributed by atoms with van der Waals surface area (Å²) in [4.78, 5) is 29.5. The number of halogens is 1. The summed E-state index contributed by atoms with van der Waals surface area (Å²) in [6.45, 7) is 7.74. The summed E-state index contributed by atoms with van der Waals surface area (Å²) in [5.41, 5.74) is 2.36. The summed E-state index contributed by atoms with van der Waals surface area (Å²) in [5.74, 6) is 0.487. The smallest absolute Gasteiger partial charge is 0.245 e. The monoisotopic (exact) mass is 365 g/mol. The van der Waals surface area contributed by atoms with Crippen molar-refractivity contribution in [2.24, 2.45) is 5.92 Å². The van der Waals surface area contributed by atoms with Crippen LogP contribution in [-0.2, 0) is 22.6 Å². The lowest BCUT2D eigenvalue weighted by Gasteiger charge is -2.40. The van der Waals surface area contributed by atoms with E-state index in [1.165, 1.54) is 11.1 Å². The number of hydrogen-bond donors (Lipinski definition) is 1. The average Bonchev–Trinajstić information content (AvgIpc) is 2.60. The number of nitrogens with zero attached hydrogens (tertiary/aromatic N) is 2. The summed E-state index contributed by atoms with van der Waals surface area (Å²) in [7, 11) is 0. The Balaban J connectivity index is 0.00000225. The third-order valence-electron chi connectivity index (χ3n) is 4.87. The van der Waals surface area contributed by atoms with Gasteiger partial charge in [0.2, 0.25) is 11.8 Å². The molecule has 1 N–H and O–H groups in total. The topological polar surface area (TPSA) is 52.7 Å². The number of rotatable bonds is 3. The number of carbonyl (C=O) groups is 2. The zero-order chi connectivity index (χ0) is 17.1. The molecule has 0 aliphatic carbocycles. The molecule has 2 amide bonds. The maximum Gasteiger partial charge on any atom is 0.245 e. The Labute approximate surface area is 156 Å². The third kappa shape index (κ3) is 4.53. The van der Waals surface area contributed by atoms with E-state index >= 15 is 0 Å². The molecule has 1 unspecified atom stereocenters. The van der Waals surface area contributed by atoms with Gasteiger partial charge in [-0.15, -0.1) is 12.4 Å². The Morgan fingerprint density at radius 2 is 1.80 bits per heavy atom. The van der Waals surface area contributed by atoms with Gasteiger partial charge in [0.15, 0.2) is 0 Å². The largest absolute Gasteiger partial charge is 0.338 e. The van der Waals surface area contributed by atoms with Gasteiger partial charge in [-0.25, -0.2) is 0 Å². The SMILES string of the molecule is CC(C)CC(=O)N1Cc2ccccc2CC1C(=O)N1CCNCC1.Cl. The highest BCUT2D eigenvalue weighted by Gasteiger charge is 2.36. The molecule has 1 fully saturated rings. The first-order chi connectivity index (χ1) is 11.6. The van der Waals surface area contributed by atoms with E-state index in [1.54, 1.807) is 0 Å². The molecule has 6 heteroatoms. The lowest BCUT2D eigenvalue weighted by molar-refractivity contribution is -0.147. The van der Waals surface area contributed by atoms with Crippen LogP contribution in [0.25, 0.3) is 0 Å². The Bertz CT molecular complexity index is 614. The highest BCUT2D eigenvalue weighted by molar-refractivity contribution is 5.88. The molecule has 0 radical (unpaired) electrons. The van der Waals surface area contributed by atoms with Gasteiger partial charge in [-0.3, -0.25) is 9.59 Å². The number of fused-ring (bicyclic) bond motifs is 1. The number of piperazine rings is 1. The van der Waals surface area contributed by atoms with Crippen molar-refractivity contribution in [2.45, 2.75) is 39.3 Å². The maximum absolute atomic E-state index is 13.1. The fourth-order valence-electron chi connectivity index (χ4n) is 3.57. The molecule has 138 valence electrons. The summed E-state index contributed by atoms with van der Waals surface area (Å²) in [5, 5.41) is 3.27. The number of amides is 2. The molecular formula is C19H28ClN3O2. The van der Waals surface area contributed by atoms with Gasteiger partial charge >= 0.3 is 0 Å². The predicted molar refractivity (Wildman–Crippen MR) is 101 cm³/mol. The van der Waals surface area contributed by atoms with Crippen LogP contribution in [0.3, 0.4) is 0 Å². The number of nitrogens with one attached hydrogen (secondary N) is 1. The van der Waals surface area contributed by atoms with Gasteiger partial charge in [0.05, 0.1) is 0 Å². The van der Waals surface area contributed by atoms with E-state index in [2.05, 4.69) is 17.4 Å². The first kappa shape index (κ1) is 19.7. The molecule has 1 aromatic carbocycles. The highest BCUT2D eigenvalue weighted by atomic mass is 35.5. The quantitative estimate of drug-likeness (QED) is 0.889. The van der Waals surface area contributed by atoms with Crippen LogP contribution in [0.1, 0.15) is 31.4 Å². The maximum atomic E-state index is 13.1. The third-order valence-corrected chi connectivity index (χ3v) is 4.87. The number of carbonyl (C=O) groups excluding carboxylic acids is 2. The second-order valence-corrected chi connectivity index (χ2v) is 7.18. The molecule has 0 spiro atoms. The van der Waals surface area contributed by atoms with Gasteiger partial charge in [-0.05, 0) is 17.0 Å². The van der Waals surface area contributed by atoms with Crippen LogP contribution < -0.4 is 5.32 Å². The fourth-order valence-corrected chi connectivity index (χ4v) is 3.57. The van der Waals surface area contributed by atoms with Crippen LogP contribution in [0.2, 0.25) is 0 Å². The Kier molecular flexibility index (Phi) is 6.85. The molecule has 0 bridgehead atoms. The molecule has 0 saturated carbocycles. The summed E-state index contributed by atoms with van der Waals surface area (Å²) < 4.78 is 0. The van der Waals surface area contributed by atoms with Gasteiger partial charge in [0, 0.05) is 45.6 Å². The molecule has 0 aromatic heterocycles. The standard InChI is InChI=1S/C19H27N3O2.ClH/c1-14(2)11-18(23)22-13-16-6-4-3-5-15(16)12-17(22)19(24)21-9-7-20-8-10-21;/h3-6,14,17,20H,7-13H2,1-2H3;1H. The van der Waals surface area contributed by atoms with Crippen molar-refractivity contribution >= 4 is 24.2 Å². The average molecular weight is 366 g/mol. The number of hydrogen-bond acceptors (Lipinski definition) is 3. The second kappa shape index (κ2) is 8.68. The van der Waals surface area contributed by atoms with Crippen molar-refractivity contribution in [3.8, 4) is 0 Å². The first-order valence-electron chi connectivity index (χ1n) is 8.92. The van der Waals surface area contributed by atoms with Gasteiger partial charge in [-0.1, -0.05) is 38.1 Å². The minimum atomic E-state index is -0.357. The van der Waals surface area contributed by atoms with E-state index < -0.39 is 0 Å². The van der Waals surface area contributed by atoms with Crippen LogP contribution in [-0.4, -0.2) is 53.8 Å². The molecule has 5 nitrogen and oxygen atoms in total. The summed E-state index contributed by atoms with van der Waals surface area (Å²) in [6, 6.07) is 7.80. The van der Waals surface area contributed by atoms with Gasteiger partial charge in [-0.2, -0.15) is 0 Å². The predicted octanol–water partition coefficient (Wildman–Crippen LogP) is 1.84. The molecule has 2 aliphatic rings. The van der Waals surface area contributed by atoms with Crippen LogP contribution in [0.4, 0.5) is 0 Å². The molecule has 2 heterocycles. The van der Waals surface area contributed by atoms with E-state index in [9.17, 15) is 9.59 Å². The molecule has 3 rings (SSSR count). The highest BCUT2D eigenvalue weighted by Crippen LogP contribution is 2.26. The van der Waals surface area contributed by atoms with Gasteiger partial charge in [0.25, 0.3) is 0 Å². The van der Waals surface area contributed by atoms with Crippen molar-refractivity contribution in [1.82, 2.24) is 15.1 Å². The van der Waals surface area contributed by atoms with Crippen molar-refractivity contribution in [1.29, 1.82) is 0 Å². The number of benzene rings is 1. The van der Waals surface area contributed by atoms with E-state index in [0.29, 0.717) is 25.3 Å². The van der Waals surface area contributed by atoms with E-state index in [4.69, 9.17) is 0 Å². The van der Waals surface area contributed by atoms with Crippen molar-refractivity contribution in [3.05, 3.63) is 35.4 Å². The zero-order valence-corrected chi connectivity index (χ0v) is 15.8. The first-order valence-corrected chi connectivity index (χ1v) is 8.92. The second-order valence-electron chi connectivity index (χ2n) is 7.18. The van der Waals surface area contributed by atoms with Crippen molar-refractivity contribution in [2.75, 3.05) is 26.2 Å². The van der Waals surface area contributed by atoms with Crippen molar-refractivity contribution < 1.29 is 9.59 Å². The Morgan fingerprint density at radius 1 is 1.16 bits per heavy atom. The van der Waals surface area contributed by atoms with Crippen LogP contribution in [0.15, 0.2) is 24.3 Å². The normalized spacial score (nSPS) is 20.0. The molecule has 1 aromatic rings. The van der Waals surface area contributed by atoms with Gasteiger partial charge in [0.1, 0.15) is 6.04 Å². The molecular weight excluding hydrogens is 338 g/mol. The molecule has 1 atom stereocenters. The van der Waals surface area contributed by atoms with Crippen LogP contribution in [0, 0.1) is 5.92 Å². The minimum absolute atomic E-state index is 0. The van der Waals surface area contributed by atoms with E-state index in [1.807, 2.05) is 35.8 Å². The summed E-state index contributed by atoms with van der Waals surface area (Å²) >= 11 is 0. The van der Waals surface area contributed by atoms with Gasteiger partial charge < -0.3 is 15.1 Å². The van der Waals surface area contributed by atoms with Crippen LogP contribution >= 0.6 is 12.4 Å². The van der Waals surface area contributed by atoms with Crippen LogP contribution in [0.5, 0.6) is 0 Å². The molecule has 1 saturated heterocycles. The lowest BCUT2D eigenvalue weighted by Crippen LogP contribution is -2.57. The Hall–Kier alpha value is -1.59. The molecule has 2 aliphatic heterocycles. The van der Waals surface area contributed by atoms with E-state index in [0.717, 1.165) is 26.2 Å². The zero-order valence-electron chi connectivity index (χ0n) is 15.0. The lowest BCUT2D eigenvalue weighted by atomic mass is 9.92. The Morgan fingerprint density at radius 3 is 2.44 bits per heavy atom. The summed E-state index contributed by atoms with van der Waals surface area (Å²) in [6.07, 6.45) is 1.12.